The highest BCUT2D eigenvalue weighted by Gasteiger charge is 2.69. The summed E-state index contributed by atoms with van der Waals surface area (Å²) >= 11 is 0. The third kappa shape index (κ3) is 3.95. The quantitative estimate of drug-likeness (QED) is 0.395. The molecule has 9 nitrogen and oxygen atoms in total. The maximum absolute atomic E-state index is 13.9. The third-order valence-electron chi connectivity index (χ3n) is 8.51. The van der Waals surface area contributed by atoms with Crippen molar-refractivity contribution < 1.29 is 34.2 Å². The summed E-state index contributed by atoms with van der Waals surface area (Å²) in [6.45, 7) is 1.99. The number of primary amides is 1. The molecule has 202 valence electrons. The molecule has 2 unspecified atom stereocenters. The number of nitrogens with zero attached hydrogens (tertiary/aromatic N) is 1. The number of hydrogen-bond donors (Lipinski definition) is 3. The molecule has 2 saturated carbocycles. The number of fused-ring (bicyclic) bond motifs is 3. The van der Waals surface area contributed by atoms with Crippen molar-refractivity contribution in [2.45, 2.75) is 31.4 Å². The number of rotatable bonds is 4. The van der Waals surface area contributed by atoms with Crippen LogP contribution in [0.4, 0.5) is 0 Å². The number of ketones is 4. The fourth-order valence-corrected chi connectivity index (χ4v) is 6.65. The van der Waals surface area contributed by atoms with E-state index in [1.165, 1.54) is 11.0 Å². The van der Waals surface area contributed by atoms with Crippen LogP contribution < -0.4 is 5.73 Å². The number of benzene rings is 2. The summed E-state index contributed by atoms with van der Waals surface area (Å²) in [5, 5.41) is 22.3. The van der Waals surface area contributed by atoms with Crippen molar-refractivity contribution >= 4 is 41.2 Å². The van der Waals surface area contributed by atoms with E-state index >= 15 is 0 Å². The molecule has 6 atom stereocenters. The van der Waals surface area contributed by atoms with Crippen LogP contribution in [0.1, 0.15) is 39.0 Å². The van der Waals surface area contributed by atoms with E-state index in [2.05, 4.69) is 0 Å². The van der Waals surface area contributed by atoms with Gasteiger partial charge < -0.3 is 15.9 Å². The minimum absolute atomic E-state index is 0.0146. The lowest BCUT2D eigenvalue weighted by molar-refractivity contribution is -0.181. The van der Waals surface area contributed by atoms with Gasteiger partial charge in [-0.25, -0.2) is 0 Å². The monoisotopic (exact) mass is 530 g/mol. The van der Waals surface area contributed by atoms with E-state index < -0.39 is 64.4 Å². The van der Waals surface area contributed by atoms with Gasteiger partial charge in [-0.1, -0.05) is 48.0 Å². The van der Waals surface area contributed by atoms with E-state index in [1.54, 1.807) is 20.2 Å². The zero-order chi connectivity index (χ0) is 28.4. The molecule has 2 aromatic rings. The molecule has 2 fully saturated rings. The zero-order valence-corrected chi connectivity index (χ0v) is 21.9. The van der Waals surface area contributed by atoms with Gasteiger partial charge in [-0.2, -0.15) is 0 Å². The molecule has 39 heavy (non-hydrogen) atoms. The first-order valence-corrected chi connectivity index (χ1v) is 12.8. The number of phenols is 1. The number of aromatic hydroxyl groups is 1. The Balaban J connectivity index is 1.59. The largest absolute Gasteiger partial charge is 0.507 e. The summed E-state index contributed by atoms with van der Waals surface area (Å²) in [7, 11) is 3.11. The zero-order valence-electron chi connectivity index (χ0n) is 21.9. The Bertz CT molecular complexity index is 1460. The second-order valence-electron chi connectivity index (χ2n) is 11.1. The van der Waals surface area contributed by atoms with Crippen LogP contribution in [0.5, 0.6) is 5.75 Å². The SMILES string of the molecule is Cc1ccc(/C=C/c2ccc(O)c3c2C[C@@H]2C[C@@H]4[C@@H](N(C)C)C(=O)C(C(N)=O)C(=O)[C@]4(O)C(=O)C2C3=O)cc1. The van der Waals surface area contributed by atoms with Crippen LogP contribution in [0.15, 0.2) is 36.4 Å². The van der Waals surface area contributed by atoms with Crippen molar-refractivity contribution in [2.75, 3.05) is 14.1 Å². The van der Waals surface area contributed by atoms with Gasteiger partial charge >= 0.3 is 0 Å². The molecule has 0 aliphatic heterocycles. The molecule has 0 heterocycles. The van der Waals surface area contributed by atoms with E-state index in [0.717, 1.165) is 11.1 Å². The Morgan fingerprint density at radius 1 is 1.03 bits per heavy atom. The van der Waals surface area contributed by atoms with Gasteiger partial charge in [0.1, 0.15) is 5.75 Å². The Morgan fingerprint density at radius 2 is 1.69 bits per heavy atom. The van der Waals surface area contributed by atoms with Crippen molar-refractivity contribution in [3.63, 3.8) is 0 Å². The molecule has 1 amide bonds. The molecule has 0 spiro atoms. The third-order valence-corrected chi connectivity index (χ3v) is 8.51. The van der Waals surface area contributed by atoms with Gasteiger partial charge in [-0.05, 0) is 62.5 Å². The Kier molecular flexibility index (Phi) is 6.39. The summed E-state index contributed by atoms with van der Waals surface area (Å²) in [6.07, 6.45) is 3.96. The lowest BCUT2D eigenvalue weighted by Crippen LogP contribution is -2.74. The van der Waals surface area contributed by atoms with Crippen molar-refractivity contribution in [1.29, 1.82) is 0 Å². The van der Waals surface area contributed by atoms with Crippen LogP contribution in [0, 0.1) is 30.6 Å². The minimum atomic E-state index is -2.73. The molecule has 9 heteroatoms. The van der Waals surface area contributed by atoms with Gasteiger partial charge in [-0.15, -0.1) is 0 Å². The normalized spacial score (nSPS) is 30.3. The number of hydrogen-bond acceptors (Lipinski definition) is 8. The molecule has 4 N–H and O–H groups in total. The summed E-state index contributed by atoms with van der Waals surface area (Å²) in [5.41, 5.74) is 5.91. The van der Waals surface area contributed by atoms with Crippen LogP contribution in [0.2, 0.25) is 0 Å². The van der Waals surface area contributed by atoms with Gasteiger partial charge in [0.15, 0.2) is 34.7 Å². The smallest absolute Gasteiger partial charge is 0.235 e. The molecular weight excluding hydrogens is 500 g/mol. The lowest BCUT2D eigenvalue weighted by Gasteiger charge is -2.52. The highest BCUT2D eigenvalue weighted by Crippen LogP contribution is 2.51. The van der Waals surface area contributed by atoms with Crippen LogP contribution >= 0.6 is 0 Å². The standard InChI is InChI=1S/C30H30N2O7/c1-14-4-6-15(7-5-14)8-9-16-10-11-20(33)22-18(16)12-17-13-19-24(32(2)3)26(35)23(29(31)38)28(37)30(19,39)27(36)21(17)25(22)34/h4-11,17,19,21,23-24,33,39H,12-13H2,1-3H3,(H2,31,38)/b9-8+/t17-,19-,21?,23?,24-,30-/m1/s1. The van der Waals surface area contributed by atoms with Crippen LogP contribution in [0.25, 0.3) is 12.2 Å². The molecule has 0 bridgehead atoms. The fraction of sp³-hybridized carbons (Fsp3) is 0.367. The van der Waals surface area contributed by atoms with E-state index in [0.29, 0.717) is 11.1 Å². The first kappa shape index (κ1) is 26.6. The van der Waals surface area contributed by atoms with Gasteiger partial charge in [0.2, 0.25) is 5.91 Å². The maximum atomic E-state index is 13.9. The molecule has 3 aliphatic carbocycles. The van der Waals surface area contributed by atoms with Crippen molar-refractivity contribution in [3.8, 4) is 5.75 Å². The molecule has 5 rings (SSSR count). The minimum Gasteiger partial charge on any atom is -0.507 e. The van der Waals surface area contributed by atoms with E-state index in [9.17, 15) is 34.2 Å². The Labute approximate surface area is 225 Å². The number of phenolic OH excluding ortho intramolecular Hbond substituents is 1. The predicted molar refractivity (Wildman–Crippen MR) is 141 cm³/mol. The molecule has 2 aromatic carbocycles. The first-order valence-electron chi connectivity index (χ1n) is 12.8. The lowest BCUT2D eigenvalue weighted by atomic mass is 9.52. The van der Waals surface area contributed by atoms with Crippen molar-refractivity contribution in [2.24, 2.45) is 29.4 Å². The number of aliphatic hydroxyl groups is 1. The number of aryl methyl sites for hydroxylation is 1. The highest BCUT2D eigenvalue weighted by atomic mass is 16.3. The molecule has 0 saturated heterocycles. The average molecular weight is 531 g/mol. The maximum Gasteiger partial charge on any atom is 0.235 e. The number of carbonyl (C=O) groups excluding carboxylic acids is 5. The van der Waals surface area contributed by atoms with Crippen LogP contribution in [-0.4, -0.2) is 69.9 Å². The van der Waals surface area contributed by atoms with E-state index in [1.807, 2.05) is 43.3 Å². The summed E-state index contributed by atoms with van der Waals surface area (Å²) in [5.74, 6) is -10.5. The van der Waals surface area contributed by atoms with Gasteiger partial charge in [-0.3, -0.25) is 28.9 Å². The topological polar surface area (TPSA) is 155 Å². The second-order valence-corrected chi connectivity index (χ2v) is 11.1. The van der Waals surface area contributed by atoms with Crippen molar-refractivity contribution in [1.82, 2.24) is 4.90 Å². The summed E-state index contributed by atoms with van der Waals surface area (Å²) in [6, 6.07) is 9.82. The first-order chi connectivity index (χ1) is 18.4. The second kappa shape index (κ2) is 9.36. The van der Waals surface area contributed by atoms with E-state index in [4.69, 9.17) is 5.73 Å². The number of amides is 1. The van der Waals surface area contributed by atoms with Gasteiger partial charge in [0.05, 0.1) is 17.5 Å². The Morgan fingerprint density at radius 3 is 2.31 bits per heavy atom. The summed E-state index contributed by atoms with van der Waals surface area (Å²) < 4.78 is 0. The van der Waals surface area contributed by atoms with E-state index in [-0.39, 0.29) is 24.2 Å². The van der Waals surface area contributed by atoms with Crippen LogP contribution in [-0.2, 0) is 25.6 Å². The number of Topliss-reactive ketones (excluding diaryl/α,β-unsaturated/α-hetero) is 4. The fourth-order valence-electron chi connectivity index (χ4n) is 6.65. The average Bonchev–Trinajstić information content (AvgIpc) is 2.86. The van der Waals surface area contributed by atoms with Crippen molar-refractivity contribution in [3.05, 3.63) is 64.2 Å². The van der Waals surface area contributed by atoms with Crippen LogP contribution in [0.3, 0.4) is 0 Å². The van der Waals surface area contributed by atoms with Gasteiger partial charge in [0.25, 0.3) is 0 Å². The highest BCUT2D eigenvalue weighted by molar-refractivity contribution is 6.32. The van der Waals surface area contributed by atoms with Gasteiger partial charge in [0, 0.05) is 5.92 Å². The number of nitrogens with two attached hydrogens (primary N) is 1. The number of likely N-dealkylation sites (N-methyl/N-ethyl adjacent to an activating group) is 1. The number of carbonyl (C=O) groups is 5. The summed E-state index contributed by atoms with van der Waals surface area (Å²) in [4.78, 5) is 67.7. The molecule has 3 aliphatic rings. The Hall–Kier alpha value is -3.95. The molecule has 0 aromatic heterocycles. The predicted octanol–water partition coefficient (Wildman–Crippen LogP) is 1.35. The molecular formula is C30H30N2O7. The molecule has 0 radical (unpaired) electrons.